The maximum atomic E-state index is 12.2. The lowest BCUT2D eigenvalue weighted by Gasteiger charge is -2.07. The molecule has 0 atom stereocenters. The molecule has 1 N–H and O–H groups in total. The number of para-hydroxylation sites is 1. The summed E-state index contributed by atoms with van der Waals surface area (Å²) >= 11 is 0. The van der Waals surface area contributed by atoms with Gasteiger partial charge in [0.25, 0.3) is 0 Å². The summed E-state index contributed by atoms with van der Waals surface area (Å²) in [6.45, 7) is -2.58. The normalized spacial score (nSPS) is 11.0. The predicted octanol–water partition coefficient (Wildman–Crippen LogP) is 3.21. The number of benzene rings is 1. The minimum atomic E-state index is -2.91. The number of nitrogens with one attached hydrogen (secondary N) is 1. The van der Waals surface area contributed by atoms with E-state index in [-0.39, 0.29) is 11.7 Å². The Morgan fingerprint density at radius 3 is 2.86 bits per heavy atom. The molecule has 21 heavy (non-hydrogen) atoms. The van der Waals surface area contributed by atoms with Gasteiger partial charge in [-0.15, -0.1) is 0 Å². The Bertz CT molecular complexity index is 609. The lowest BCUT2D eigenvalue weighted by atomic mass is 10.2. The highest BCUT2D eigenvalue weighted by molar-refractivity contribution is 5.92. The Morgan fingerprint density at radius 2 is 2.14 bits per heavy atom. The number of rotatable bonds is 6. The fourth-order valence-corrected chi connectivity index (χ4v) is 1.63. The van der Waals surface area contributed by atoms with Crippen LogP contribution in [0.3, 0.4) is 0 Å². The van der Waals surface area contributed by atoms with Gasteiger partial charge in [0.05, 0.1) is 12.5 Å². The van der Waals surface area contributed by atoms with Gasteiger partial charge in [-0.2, -0.15) is 8.78 Å². The quantitative estimate of drug-likeness (QED) is 0.832. The summed E-state index contributed by atoms with van der Waals surface area (Å²) in [5.74, 6) is -0.325. The molecule has 0 unspecified atom stereocenters. The van der Waals surface area contributed by atoms with Gasteiger partial charge in [-0.3, -0.25) is 4.79 Å². The van der Waals surface area contributed by atoms with Crippen LogP contribution in [-0.2, 0) is 11.3 Å². The maximum absolute atomic E-state index is 12.2. The Kier molecular flexibility index (Phi) is 5.09. The summed E-state index contributed by atoms with van der Waals surface area (Å²) < 4.78 is 33.7. The van der Waals surface area contributed by atoms with E-state index in [1.165, 1.54) is 30.7 Å². The molecule has 0 spiro atoms. The van der Waals surface area contributed by atoms with E-state index in [0.29, 0.717) is 12.1 Å². The van der Waals surface area contributed by atoms with E-state index in [2.05, 4.69) is 10.1 Å². The molecule has 0 saturated heterocycles. The zero-order chi connectivity index (χ0) is 15.1. The molecule has 1 heterocycles. The van der Waals surface area contributed by atoms with Crippen molar-refractivity contribution in [3.63, 3.8) is 0 Å². The van der Waals surface area contributed by atoms with Gasteiger partial charge in [0.1, 0.15) is 5.75 Å². The molecule has 4 nitrogen and oxygen atoms in total. The first-order chi connectivity index (χ1) is 10.1. The lowest BCUT2D eigenvalue weighted by molar-refractivity contribution is -0.116. The second-order valence-electron chi connectivity index (χ2n) is 4.10. The van der Waals surface area contributed by atoms with Gasteiger partial charge < -0.3 is 14.5 Å². The molecule has 1 amide bonds. The Labute approximate surface area is 120 Å². The first-order valence-corrected chi connectivity index (χ1v) is 6.16. The van der Waals surface area contributed by atoms with Crippen LogP contribution < -0.4 is 10.1 Å². The van der Waals surface area contributed by atoms with Gasteiger partial charge in [0.15, 0.2) is 0 Å². The van der Waals surface area contributed by atoms with Crippen LogP contribution in [0.2, 0.25) is 0 Å². The van der Waals surface area contributed by atoms with E-state index in [0.717, 1.165) is 5.56 Å². The van der Waals surface area contributed by atoms with E-state index >= 15 is 0 Å². The number of halogens is 2. The minimum absolute atomic E-state index is 0.0198. The molecular formula is C15H13F2NO3. The molecule has 2 aromatic rings. The molecule has 0 aliphatic rings. The summed E-state index contributed by atoms with van der Waals surface area (Å²) in [5.41, 5.74) is 1.23. The summed E-state index contributed by atoms with van der Waals surface area (Å²) in [5, 5.41) is 2.64. The number of furan rings is 1. The van der Waals surface area contributed by atoms with Gasteiger partial charge in [0.2, 0.25) is 5.91 Å². The Hall–Kier alpha value is -2.63. The topological polar surface area (TPSA) is 51.5 Å². The molecule has 1 aromatic carbocycles. The summed E-state index contributed by atoms with van der Waals surface area (Å²) in [6.07, 6.45) is 5.71. The molecule has 0 saturated carbocycles. The van der Waals surface area contributed by atoms with Crippen molar-refractivity contribution in [1.29, 1.82) is 0 Å². The van der Waals surface area contributed by atoms with Gasteiger partial charge in [-0.1, -0.05) is 18.2 Å². The third-order valence-corrected chi connectivity index (χ3v) is 2.60. The van der Waals surface area contributed by atoms with E-state index < -0.39 is 6.61 Å². The summed E-state index contributed by atoms with van der Waals surface area (Å²) in [6, 6.07) is 7.97. The highest BCUT2D eigenvalue weighted by Gasteiger charge is 2.07. The maximum Gasteiger partial charge on any atom is 0.387 e. The van der Waals surface area contributed by atoms with Crippen LogP contribution in [0.4, 0.5) is 8.78 Å². The summed E-state index contributed by atoms with van der Waals surface area (Å²) in [4.78, 5) is 11.6. The molecule has 0 fully saturated rings. The number of alkyl halides is 2. The minimum Gasteiger partial charge on any atom is -0.472 e. The van der Waals surface area contributed by atoms with E-state index in [1.807, 2.05) is 0 Å². The highest BCUT2D eigenvalue weighted by Crippen LogP contribution is 2.21. The Balaban J connectivity index is 1.95. The van der Waals surface area contributed by atoms with Crippen molar-refractivity contribution >= 4 is 12.0 Å². The fourth-order valence-electron chi connectivity index (χ4n) is 1.63. The van der Waals surface area contributed by atoms with Crippen molar-refractivity contribution in [3.8, 4) is 5.75 Å². The van der Waals surface area contributed by atoms with Crippen LogP contribution in [0, 0.1) is 0 Å². The van der Waals surface area contributed by atoms with Crippen LogP contribution in [-0.4, -0.2) is 12.5 Å². The third kappa shape index (κ3) is 4.76. The average Bonchev–Trinajstić information content (AvgIpc) is 2.97. The largest absolute Gasteiger partial charge is 0.472 e. The third-order valence-electron chi connectivity index (χ3n) is 2.60. The van der Waals surface area contributed by atoms with E-state index in [1.54, 1.807) is 24.3 Å². The molecule has 0 bridgehead atoms. The van der Waals surface area contributed by atoms with Crippen molar-refractivity contribution in [3.05, 3.63) is 60.1 Å². The van der Waals surface area contributed by atoms with Crippen LogP contribution in [0.15, 0.2) is 53.4 Å². The van der Waals surface area contributed by atoms with E-state index in [9.17, 15) is 13.6 Å². The second kappa shape index (κ2) is 7.23. The number of carbonyl (C=O) groups is 1. The number of carbonyl (C=O) groups excluding carboxylic acids is 1. The van der Waals surface area contributed by atoms with E-state index in [4.69, 9.17) is 4.42 Å². The van der Waals surface area contributed by atoms with Crippen LogP contribution in [0.25, 0.3) is 6.08 Å². The van der Waals surface area contributed by atoms with Gasteiger partial charge in [0, 0.05) is 23.7 Å². The van der Waals surface area contributed by atoms with Crippen molar-refractivity contribution < 1.29 is 22.7 Å². The van der Waals surface area contributed by atoms with Crippen molar-refractivity contribution in [1.82, 2.24) is 5.32 Å². The molecular weight excluding hydrogens is 280 g/mol. The molecule has 6 heteroatoms. The first-order valence-electron chi connectivity index (χ1n) is 6.16. The molecule has 2 rings (SSSR count). The average molecular weight is 293 g/mol. The van der Waals surface area contributed by atoms with Gasteiger partial charge >= 0.3 is 6.61 Å². The number of hydrogen-bond donors (Lipinski definition) is 1. The lowest BCUT2D eigenvalue weighted by Crippen LogP contribution is -2.19. The van der Waals surface area contributed by atoms with Crippen LogP contribution >= 0.6 is 0 Å². The first kappa shape index (κ1) is 14.8. The van der Waals surface area contributed by atoms with Crippen molar-refractivity contribution in [2.75, 3.05) is 0 Å². The predicted molar refractivity (Wildman–Crippen MR) is 72.7 cm³/mol. The number of ether oxygens (including phenoxy) is 1. The Morgan fingerprint density at radius 1 is 1.33 bits per heavy atom. The monoisotopic (exact) mass is 293 g/mol. The van der Waals surface area contributed by atoms with Crippen molar-refractivity contribution in [2.45, 2.75) is 13.2 Å². The summed E-state index contributed by atoms with van der Waals surface area (Å²) in [7, 11) is 0. The molecule has 0 aliphatic carbocycles. The van der Waals surface area contributed by atoms with Gasteiger partial charge in [-0.25, -0.2) is 0 Å². The molecule has 1 aromatic heterocycles. The fraction of sp³-hybridized carbons (Fsp3) is 0.133. The molecule has 110 valence electrons. The smallest absolute Gasteiger partial charge is 0.387 e. The molecule has 0 aliphatic heterocycles. The highest BCUT2D eigenvalue weighted by atomic mass is 19.3. The van der Waals surface area contributed by atoms with Crippen molar-refractivity contribution in [2.24, 2.45) is 0 Å². The SMILES string of the molecule is O=C(C=Cc1ccccc1OC(F)F)NCc1ccoc1. The van der Waals surface area contributed by atoms with Crippen LogP contribution in [0.1, 0.15) is 11.1 Å². The number of hydrogen-bond acceptors (Lipinski definition) is 3. The molecule has 0 radical (unpaired) electrons. The van der Waals surface area contributed by atoms with Gasteiger partial charge in [-0.05, 0) is 18.2 Å². The standard InChI is InChI=1S/C15H13F2NO3/c16-15(17)21-13-4-2-1-3-12(13)5-6-14(19)18-9-11-7-8-20-10-11/h1-8,10,15H,9H2,(H,18,19). The zero-order valence-corrected chi connectivity index (χ0v) is 11.0. The zero-order valence-electron chi connectivity index (χ0n) is 11.0. The number of amides is 1. The second-order valence-corrected chi connectivity index (χ2v) is 4.10. The van der Waals surface area contributed by atoms with Crippen LogP contribution in [0.5, 0.6) is 5.75 Å².